The Morgan fingerprint density at radius 2 is 2.27 bits per heavy atom. The molecule has 90 valence electrons. The van der Waals surface area contributed by atoms with Gasteiger partial charge in [0.15, 0.2) is 0 Å². The Balaban J connectivity index is 2.27. The Kier molecular flexibility index (Phi) is 5.43. The standard InChI is InChI=1S/C10H21NO2S2/c1-11-10(9-5-6-14-8-9)4-3-7-15(2,12)13/h9-11H,3-8H2,1-2H3. The van der Waals surface area contributed by atoms with Crippen LogP contribution >= 0.6 is 11.8 Å². The molecule has 5 heteroatoms. The van der Waals surface area contributed by atoms with Crippen LogP contribution in [0, 0.1) is 5.92 Å². The summed E-state index contributed by atoms with van der Waals surface area (Å²) in [6.07, 6.45) is 4.35. The van der Waals surface area contributed by atoms with E-state index in [9.17, 15) is 8.42 Å². The van der Waals surface area contributed by atoms with Gasteiger partial charge in [0, 0.05) is 18.1 Å². The molecule has 0 aromatic heterocycles. The number of nitrogens with one attached hydrogen (secondary N) is 1. The molecule has 1 aliphatic rings. The predicted molar refractivity (Wildman–Crippen MR) is 67.2 cm³/mol. The molecule has 1 heterocycles. The van der Waals surface area contributed by atoms with Gasteiger partial charge in [0.2, 0.25) is 0 Å². The molecule has 0 bridgehead atoms. The second-order valence-electron chi connectivity index (χ2n) is 4.29. The summed E-state index contributed by atoms with van der Waals surface area (Å²) in [6.45, 7) is 0. The third-order valence-electron chi connectivity index (χ3n) is 2.93. The first-order chi connectivity index (χ1) is 7.03. The highest BCUT2D eigenvalue weighted by atomic mass is 32.2. The minimum absolute atomic E-state index is 0.324. The average Bonchev–Trinajstić information content (AvgIpc) is 2.63. The molecule has 0 aliphatic carbocycles. The van der Waals surface area contributed by atoms with Crippen LogP contribution in [0.15, 0.2) is 0 Å². The van der Waals surface area contributed by atoms with Crippen LogP contribution in [0.2, 0.25) is 0 Å². The van der Waals surface area contributed by atoms with E-state index < -0.39 is 9.84 Å². The zero-order valence-corrected chi connectivity index (χ0v) is 11.2. The normalized spacial score (nSPS) is 24.3. The van der Waals surface area contributed by atoms with E-state index in [0.717, 1.165) is 18.8 Å². The summed E-state index contributed by atoms with van der Waals surface area (Å²) >= 11 is 2.01. The number of hydrogen-bond acceptors (Lipinski definition) is 4. The highest BCUT2D eigenvalue weighted by molar-refractivity contribution is 7.99. The maximum absolute atomic E-state index is 11.0. The molecule has 0 aromatic carbocycles. The second kappa shape index (κ2) is 6.11. The van der Waals surface area contributed by atoms with Crippen molar-refractivity contribution >= 4 is 21.6 Å². The quantitative estimate of drug-likeness (QED) is 0.769. The van der Waals surface area contributed by atoms with Gasteiger partial charge >= 0.3 is 0 Å². The van der Waals surface area contributed by atoms with Gasteiger partial charge in [-0.05, 0) is 43.7 Å². The van der Waals surface area contributed by atoms with Gasteiger partial charge in [-0.2, -0.15) is 11.8 Å². The summed E-state index contributed by atoms with van der Waals surface area (Å²) in [6, 6.07) is 0.502. The lowest BCUT2D eigenvalue weighted by Gasteiger charge is -2.22. The zero-order chi connectivity index (χ0) is 11.3. The summed E-state index contributed by atoms with van der Waals surface area (Å²) in [4.78, 5) is 0. The number of rotatable bonds is 6. The van der Waals surface area contributed by atoms with E-state index in [1.807, 2.05) is 18.8 Å². The van der Waals surface area contributed by atoms with Crippen LogP contribution in [-0.2, 0) is 9.84 Å². The molecule has 15 heavy (non-hydrogen) atoms. The van der Waals surface area contributed by atoms with Crippen molar-refractivity contribution in [2.24, 2.45) is 5.92 Å². The van der Waals surface area contributed by atoms with Crippen molar-refractivity contribution < 1.29 is 8.42 Å². The average molecular weight is 251 g/mol. The molecule has 1 rings (SSSR count). The molecule has 1 fully saturated rings. The first kappa shape index (κ1) is 13.3. The van der Waals surface area contributed by atoms with E-state index in [1.165, 1.54) is 24.2 Å². The van der Waals surface area contributed by atoms with Gasteiger partial charge in [-0.3, -0.25) is 0 Å². The second-order valence-corrected chi connectivity index (χ2v) is 7.70. The molecular weight excluding hydrogens is 230 g/mol. The maximum Gasteiger partial charge on any atom is 0.147 e. The summed E-state index contributed by atoms with van der Waals surface area (Å²) in [5.41, 5.74) is 0. The van der Waals surface area contributed by atoms with Crippen LogP contribution in [0.1, 0.15) is 19.3 Å². The highest BCUT2D eigenvalue weighted by Gasteiger charge is 2.23. The van der Waals surface area contributed by atoms with E-state index in [2.05, 4.69) is 5.32 Å². The highest BCUT2D eigenvalue weighted by Crippen LogP contribution is 2.27. The molecule has 0 spiro atoms. The lowest BCUT2D eigenvalue weighted by atomic mass is 9.95. The van der Waals surface area contributed by atoms with Crippen LogP contribution in [0.25, 0.3) is 0 Å². The predicted octanol–water partition coefficient (Wildman–Crippen LogP) is 1.15. The number of hydrogen-bond donors (Lipinski definition) is 1. The summed E-state index contributed by atoms with van der Waals surface area (Å²) in [7, 11) is -0.804. The molecule has 1 N–H and O–H groups in total. The molecule has 1 aliphatic heterocycles. The fourth-order valence-corrected chi connectivity index (χ4v) is 4.08. The van der Waals surface area contributed by atoms with E-state index in [1.54, 1.807) is 0 Å². The molecule has 0 aromatic rings. The Morgan fingerprint density at radius 3 is 2.73 bits per heavy atom. The molecule has 0 saturated carbocycles. The van der Waals surface area contributed by atoms with Gasteiger partial charge in [0.1, 0.15) is 9.84 Å². The van der Waals surface area contributed by atoms with Crippen LogP contribution in [0.5, 0.6) is 0 Å². The van der Waals surface area contributed by atoms with Crippen molar-refractivity contribution in [1.82, 2.24) is 5.32 Å². The Labute approximate surface area is 97.3 Å². The molecule has 2 unspecified atom stereocenters. The van der Waals surface area contributed by atoms with Gasteiger partial charge in [-0.1, -0.05) is 0 Å². The molecule has 3 nitrogen and oxygen atoms in total. The lowest BCUT2D eigenvalue weighted by molar-refractivity contribution is 0.381. The van der Waals surface area contributed by atoms with Gasteiger partial charge in [-0.15, -0.1) is 0 Å². The van der Waals surface area contributed by atoms with Crippen molar-refractivity contribution in [3.8, 4) is 0 Å². The third-order valence-corrected chi connectivity index (χ3v) is 5.15. The van der Waals surface area contributed by atoms with Gasteiger partial charge < -0.3 is 5.32 Å². The van der Waals surface area contributed by atoms with Gasteiger partial charge in [-0.25, -0.2) is 8.42 Å². The number of sulfone groups is 1. The fourth-order valence-electron chi connectivity index (χ4n) is 2.05. The largest absolute Gasteiger partial charge is 0.317 e. The van der Waals surface area contributed by atoms with E-state index >= 15 is 0 Å². The minimum Gasteiger partial charge on any atom is -0.317 e. The molecule has 1 saturated heterocycles. The van der Waals surface area contributed by atoms with E-state index in [-0.39, 0.29) is 0 Å². The Hall–Kier alpha value is 0.260. The topological polar surface area (TPSA) is 46.2 Å². The van der Waals surface area contributed by atoms with Gasteiger partial charge in [0.25, 0.3) is 0 Å². The zero-order valence-electron chi connectivity index (χ0n) is 9.53. The van der Waals surface area contributed by atoms with Gasteiger partial charge in [0.05, 0.1) is 0 Å². The monoisotopic (exact) mass is 251 g/mol. The van der Waals surface area contributed by atoms with Crippen molar-refractivity contribution in [2.75, 3.05) is 30.6 Å². The fraction of sp³-hybridized carbons (Fsp3) is 1.00. The first-order valence-corrected chi connectivity index (χ1v) is 8.67. The Morgan fingerprint density at radius 1 is 1.53 bits per heavy atom. The maximum atomic E-state index is 11.0. The van der Waals surface area contributed by atoms with Crippen LogP contribution in [-0.4, -0.2) is 45.0 Å². The van der Waals surface area contributed by atoms with Crippen molar-refractivity contribution in [2.45, 2.75) is 25.3 Å². The summed E-state index contributed by atoms with van der Waals surface area (Å²) in [5.74, 6) is 3.55. The first-order valence-electron chi connectivity index (χ1n) is 5.45. The van der Waals surface area contributed by atoms with Crippen LogP contribution in [0.4, 0.5) is 0 Å². The lowest BCUT2D eigenvalue weighted by Crippen LogP contribution is -2.34. The minimum atomic E-state index is -2.78. The smallest absolute Gasteiger partial charge is 0.147 e. The Bertz CT molecular complexity index is 271. The van der Waals surface area contributed by atoms with Crippen molar-refractivity contribution in [1.29, 1.82) is 0 Å². The van der Waals surface area contributed by atoms with E-state index in [4.69, 9.17) is 0 Å². The van der Waals surface area contributed by atoms with Crippen LogP contribution < -0.4 is 5.32 Å². The molecular formula is C10H21NO2S2. The number of thioether (sulfide) groups is 1. The van der Waals surface area contributed by atoms with Crippen LogP contribution in [0.3, 0.4) is 0 Å². The van der Waals surface area contributed by atoms with Crippen molar-refractivity contribution in [3.63, 3.8) is 0 Å². The van der Waals surface area contributed by atoms with Crippen molar-refractivity contribution in [3.05, 3.63) is 0 Å². The summed E-state index contributed by atoms with van der Waals surface area (Å²) in [5, 5.41) is 3.32. The molecule has 0 radical (unpaired) electrons. The third kappa shape index (κ3) is 5.22. The SMILES string of the molecule is CNC(CCCS(C)(=O)=O)C1CCSC1. The molecule has 2 atom stereocenters. The van der Waals surface area contributed by atoms with E-state index in [0.29, 0.717) is 11.8 Å². The summed E-state index contributed by atoms with van der Waals surface area (Å²) < 4.78 is 22.0. The molecule has 0 amide bonds.